The van der Waals surface area contributed by atoms with E-state index in [0.717, 1.165) is 11.1 Å². The third-order valence-corrected chi connectivity index (χ3v) is 6.16. The van der Waals surface area contributed by atoms with Crippen LogP contribution in [0.15, 0.2) is 36.4 Å². The van der Waals surface area contributed by atoms with Crippen molar-refractivity contribution in [1.82, 2.24) is 9.80 Å². The monoisotopic (exact) mass is 636 g/mol. The first-order chi connectivity index (χ1) is 18.5. The van der Waals surface area contributed by atoms with Crippen LogP contribution in [-0.4, -0.2) is 59.4 Å². The quantitative estimate of drug-likeness (QED) is 0.312. The molecule has 2 aromatic carbocycles. The highest BCUT2D eigenvalue weighted by molar-refractivity contribution is 6.42. The predicted octanol–water partition coefficient (Wildman–Crippen LogP) is 7.38. The van der Waals surface area contributed by atoms with Crippen molar-refractivity contribution in [2.45, 2.75) is 65.8 Å². The molecule has 0 fully saturated rings. The lowest BCUT2D eigenvalue weighted by atomic mass is 10.2. The van der Waals surface area contributed by atoms with Crippen molar-refractivity contribution < 1.29 is 19.1 Å². The van der Waals surface area contributed by atoms with Gasteiger partial charge in [-0.25, -0.2) is 9.59 Å². The molecular formula is C28H40Cl4N4O4. The zero-order chi connectivity index (χ0) is 30.7. The first kappa shape index (κ1) is 36.1. The van der Waals surface area contributed by atoms with Gasteiger partial charge in [0, 0.05) is 42.8 Å². The van der Waals surface area contributed by atoms with E-state index in [1.165, 1.54) is 4.90 Å². The van der Waals surface area contributed by atoms with E-state index in [-0.39, 0.29) is 0 Å². The van der Waals surface area contributed by atoms with Gasteiger partial charge in [-0.3, -0.25) is 0 Å². The minimum atomic E-state index is -0.548. The van der Waals surface area contributed by atoms with E-state index in [9.17, 15) is 9.59 Å². The summed E-state index contributed by atoms with van der Waals surface area (Å²) in [5.74, 6) is 0. The maximum atomic E-state index is 12.1. The molecule has 0 aliphatic carbocycles. The summed E-state index contributed by atoms with van der Waals surface area (Å²) in [6.07, 6.45) is -0.803. The molecule has 4 N–H and O–H groups in total. The molecule has 224 valence electrons. The molecule has 0 atom stereocenters. The first-order valence-corrected chi connectivity index (χ1v) is 14.2. The third-order valence-electron chi connectivity index (χ3n) is 4.84. The van der Waals surface area contributed by atoms with E-state index in [0.29, 0.717) is 59.4 Å². The van der Waals surface area contributed by atoms with Crippen molar-refractivity contribution in [1.29, 1.82) is 0 Å². The molecule has 2 rings (SSSR count). The highest BCUT2D eigenvalue weighted by Gasteiger charge is 2.23. The van der Waals surface area contributed by atoms with E-state index in [1.54, 1.807) is 35.2 Å². The number of hydrogen-bond acceptors (Lipinski definition) is 6. The maximum absolute atomic E-state index is 12.1. The van der Waals surface area contributed by atoms with Gasteiger partial charge in [-0.2, -0.15) is 0 Å². The summed E-state index contributed by atoms with van der Waals surface area (Å²) in [4.78, 5) is 27.3. The number of nitrogens with two attached hydrogens (primary N) is 2. The zero-order valence-corrected chi connectivity index (χ0v) is 26.9. The summed E-state index contributed by atoms with van der Waals surface area (Å²) in [6, 6.07) is 10.4. The van der Waals surface area contributed by atoms with Crippen LogP contribution in [0.5, 0.6) is 0 Å². The summed E-state index contributed by atoms with van der Waals surface area (Å²) in [5, 5.41) is 2.02. The van der Waals surface area contributed by atoms with Gasteiger partial charge in [0.1, 0.15) is 11.2 Å². The van der Waals surface area contributed by atoms with Crippen molar-refractivity contribution in [2.75, 3.05) is 26.2 Å². The molecule has 2 amide bonds. The van der Waals surface area contributed by atoms with Crippen molar-refractivity contribution in [3.63, 3.8) is 0 Å². The second kappa shape index (κ2) is 16.5. The minimum Gasteiger partial charge on any atom is -0.444 e. The van der Waals surface area contributed by atoms with E-state index >= 15 is 0 Å². The second-order valence-electron chi connectivity index (χ2n) is 10.9. The van der Waals surface area contributed by atoms with Gasteiger partial charge in [0.2, 0.25) is 0 Å². The van der Waals surface area contributed by atoms with E-state index in [2.05, 4.69) is 0 Å². The number of carbonyl (C=O) groups is 2. The number of hydrogen-bond donors (Lipinski definition) is 2. The zero-order valence-electron chi connectivity index (χ0n) is 23.9. The van der Waals surface area contributed by atoms with Gasteiger partial charge in [0.05, 0.1) is 16.6 Å². The number of rotatable bonds is 8. The van der Waals surface area contributed by atoms with Crippen molar-refractivity contribution in [3.8, 4) is 0 Å². The Kier molecular flexibility index (Phi) is 14.9. The van der Waals surface area contributed by atoms with Crippen LogP contribution in [0.3, 0.4) is 0 Å². The van der Waals surface area contributed by atoms with Gasteiger partial charge in [-0.1, -0.05) is 58.5 Å². The standard InChI is InChI=1S/2C14H20Cl2N2O2/c1-14(2,3)20-13(19)18(7-6-17)9-10-4-5-11(15)8-12(10)16;1-14(2,3)20-13(19)18(7-6-17)9-10-4-5-11(15)12(16)8-10/h2*4-5,8H,6-7,9,17H2,1-3H3. The molecule has 0 radical (unpaired) electrons. The van der Waals surface area contributed by atoms with Crippen LogP contribution in [0.25, 0.3) is 0 Å². The molecule has 0 saturated heterocycles. The molecule has 0 unspecified atom stereocenters. The first-order valence-electron chi connectivity index (χ1n) is 12.7. The van der Waals surface area contributed by atoms with E-state index < -0.39 is 23.4 Å². The molecule has 0 spiro atoms. The molecular weight excluding hydrogens is 598 g/mol. The number of amides is 2. The lowest BCUT2D eigenvalue weighted by Crippen LogP contribution is -2.39. The van der Waals surface area contributed by atoms with Gasteiger partial charge >= 0.3 is 12.2 Å². The van der Waals surface area contributed by atoms with Crippen molar-refractivity contribution >= 4 is 58.6 Å². The maximum Gasteiger partial charge on any atom is 0.410 e. The van der Waals surface area contributed by atoms with Crippen LogP contribution in [-0.2, 0) is 22.6 Å². The molecule has 2 aromatic rings. The van der Waals surface area contributed by atoms with Crippen LogP contribution in [0.1, 0.15) is 52.7 Å². The number of nitrogens with zero attached hydrogens (tertiary/aromatic N) is 2. The number of ether oxygens (including phenoxy) is 2. The predicted molar refractivity (Wildman–Crippen MR) is 164 cm³/mol. The SMILES string of the molecule is CC(C)(C)OC(=O)N(CCN)Cc1ccc(Cl)c(Cl)c1.CC(C)(C)OC(=O)N(CCN)Cc1ccc(Cl)cc1Cl. The fraction of sp³-hybridized carbons (Fsp3) is 0.500. The number of halogens is 4. The summed E-state index contributed by atoms with van der Waals surface area (Å²) >= 11 is 23.8. The van der Waals surface area contributed by atoms with Gasteiger partial charge < -0.3 is 30.7 Å². The number of benzene rings is 2. The Morgan fingerprint density at radius 1 is 0.700 bits per heavy atom. The summed E-state index contributed by atoms with van der Waals surface area (Å²) in [7, 11) is 0. The topological polar surface area (TPSA) is 111 Å². The average Bonchev–Trinajstić information content (AvgIpc) is 2.80. The molecule has 12 heteroatoms. The Morgan fingerprint density at radius 2 is 1.20 bits per heavy atom. The Labute approximate surface area is 257 Å². The van der Waals surface area contributed by atoms with E-state index in [4.69, 9.17) is 67.3 Å². The highest BCUT2D eigenvalue weighted by atomic mass is 35.5. The summed E-state index contributed by atoms with van der Waals surface area (Å²) in [5.41, 5.74) is 11.7. The summed E-state index contributed by atoms with van der Waals surface area (Å²) < 4.78 is 10.7. The largest absolute Gasteiger partial charge is 0.444 e. The Balaban J connectivity index is 0.000000400. The van der Waals surface area contributed by atoms with Crippen molar-refractivity contribution in [3.05, 3.63) is 67.6 Å². The Bertz CT molecular complexity index is 1120. The van der Waals surface area contributed by atoms with Crippen LogP contribution < -0.4 is 11.5 Å². The number of carbonyl (C=O) groups excluding carboxylic acids is 2. The molecule has 8 nitrogen and oxygen atoms in total. The van der Waals surface area contributed by atoms with Gasteiger partial charge in [0.15, 0.2) is 0 Å². The smallest absolute Gasteiger partial charge is 0.410 e. The fourth-order valence-corrected chi connectivity index (χ4v) is 3.94. The molecule has 0 saturated carbocycles. The second-order valence-corrected chi connectivity index (χ2v) is 12.5. The Hall–Kier alpha value is -1.94. The average molecular weight is 638 g/mol. The normalized spacial score (nSPS) is 11.3. The molecule has 0 bridgehead atoms. The van der Waals surface area contributed by atoms with E-state index in [1.807, 2.05) is 47.6 Å². The van der Waals surface area contributed by atoms with Crippen LogP contribution >= 0.6 is 46.4 Å². The fourth-order valence-electron chi connectivity index (χ4n) is 3.15. The molecule has 0 aliphatic rings. The molecule has 0 heterocycles. The van der Waals surface area contributed by atoms with Crippen LogP contribution in [0, 0.1) is 0 Å². The third kappa shape index (κ3) is 14.1. The van der Waals surface area contributed by atoms with Gasteiger partial charge in [-0.05, 0) is 76.9 Å². The van der Waals surface area contributed by atoms with Crippen molar-refractivity contribution in [2.24, 2.45) is 11.5 Å². The summed E-state index contributed by atoms with van der Waals surface area (Å²) in [6.45, 7) is 13.2. The lowest BCUT2D eigenvalue weighted by molar-refractivity contribution is 0.0229. The van der Waals surface area contributed by atoms with Crippen LogP contribution in [0.2, 0.25) is 20.1 Å². The minimum absolute atomic E-state index is 0.335. The molecule has 40 heavy (non-hydrogen) atoms. The molecule has 0 aromatic heterocycles. The van der Waals surface area contributed by atoms with Gasteiger partial charge in [0.25, 0.3) is 0 Å². The van der Waals surface area contributed by atoms with Gasteiger partial charge in [-0.15, -0.1) is 0 Å². The highest BCUT2D eigenvalue weighted by Crippen LogP contribution is 2.24. The Morgan fingerprint density at radius 3 is 1.62 bits per heavy atom. The van der Waals surface area contributed by atoms with Crippen LogP contribution in [0.4, 0.5) is 9.59 Å². The lowest BCUT2D eigenvalue weighted by Gasteiger charge is -2.27. The molecule has 0 aliphatic heterocycles.